The quantitative estimate of drug-likeness (QED) is 0.617. The lowest BCUT2D eigenvalue weighted by atomic mass is 10.1. The molecule has 7 nitrogen and oxygen atoms in total. The number of rotatable bonds is 2. The third kappa shape index (κ3) is 5.03. The Morgan fingerprint density at radius 3 is 2.37 bits per heavy atom. The van der Waals surface area contributed by atoms with Crippen molar-refractivity contribution < 1.29 is 9.59 Å². The fraction of sp³-hybridized carbons (Fsp3) is 0.304. The van der Waals surface area contributed by atoms with Gasteiger partial charge in [0.1, 0.15) is 0 Å². The molecule has 3 rings (SSSR count). The van der Waals surface area contributed by atoms with Crippen LogP contribution in [0.2, 0.25) is 0 Å². The number of nitrogens with one attached hydrogen (secondary N) is 1. The molecule has 0 saturated carbocycles. The normalized spacial score (nSPS) is 14.3. The van der Waals surface area contributed by atoms with Gasteiger partial charge < -0.3 is 9.80 Å². The molecule has 2 aromatic rings. The Labute approximate surface area is 176 Å². The molecule has 0 spiro atoms. The van der Waals surface area contributed by atoms with Crippen molar-refractivity contribution in [1.82, 2.24) is 15.1 Å². The number of aliphatic imine (C=N–C) groups is 1. The molecule has 0 atom stereocenters. The van der Waals surface area contributed by atoms with Crippen LogP contribution < -0.4 is 5.32 Å². The highest BCUT2D eigenvalue weighted by molar-refractivity contribution is 6.06. The number of nitriles is 1. The van der Waals surface area contributed by atoms with E-state index in [1.54, 1.807) is 36.1 Å². The summed E-state index contributed by atoms with van der Waals surface area (Å²) in [4.78, 5) is 33.0. The Morgan fingerprint density at radius 1 is 1.03 bits per heavy atom. The van der Waals surface area contributed by atoms with Crippen LogP contribution in [0.25, 0.3) is 0 Å². The maximum Gasteiger partial charge on any atom is 0.258 e. The lowest BCUT2D eigenvalue weighted by Crippen LogP contribution is -2.54. The van der Waals surface area contributed by atoms with Gasteiger partial charge in [-0.05, 0) is 43.7 Å². The highest BCUT2D eigenvalue weighted by Crippen LogP contribution is 2.20. The number of aryl methyl sites for hydroxylation is 2. The Hall–Kier alpha value is -3.66. The van der Waals surface area contributed by atoms with Gasteiger partial charge in [0, 0.05) is 38.7 Å². The first kappa shape index (κ1) is 21.1. The summed E-state index contributed by atoms with van der Waals surface area (Å²) in [5.41, 5.74) is 3.74. The zero-order valence-corrected chi connectivity index (χ0v) is 17.5. The largest absolute Gasteiger partial charge is 0.339 e. The fourth-order valence-corrected chi connectivity index (χ4v) is 3.36. The maximum atomic E-state index is 12.9. The molecule has 0 bridgehead atoms. The molecule has 0 unspecified atom stereocenters. The van der Waals surface area contributed by atoms with Crippen molar-refractivity contribution in [3.63, 3.8) is 0 Å². The van der Waals surface area contributed by atoms with Crippen molar-refractivity contribution in [3.05, 3.63) is 64.7 Å². The summed E-state index contributed by atoms with van der Waals surface area (Å²) < 4.78 is 0. The van der Waals surface area contributed by atoms with Crippen LogP contribution in [0.3, 0.4) is 0 Å². The van der Waals surface area contributed by atoms with Crippen LogP contribution in [-0.2, 0) is 4.79 Å². The molecule has 1 N–H and O–H groups in total. The summed E-state index contributed by atoms with van der Waals surface area (Å²) in [6.45, 7) is 7.84. The number of amides is 2. The zero-order valence-electron chi connectivity index (χ0n) is 17.5. The Balaban J connectivity index is 1.89. The van der Waals surface area contributed by atoms with Crippen molar-refractivity contribution in [3.8, 4) is 6.07 Å². The summed E-state index contributed by atoms with van der Waals surface area (Å²) in [6.07, 6.45) is 0. The third-order valence-corrected chi connectivity index (χ3v) is 5.08. The Morgan fingerprint density at radius 2 is 1.73 bits per heavy atom. The van der Waals surface area contributed by atoms with Crippen LogP contribution in [-0.4, -0.2) is 53.8 Å². The van der Waals surface area contributed by atoms with Gasteiger partial charge in [0.25, 0.3) is 5.91 Å². The molecule has 1 saturated heterocycles. The fourth-order valence-electron chi connectivity index (χ4n) is 3.36. The van der Waals surface area contributed by atoms with E-state index in [2.05, 4.69) is 5.32 Å². The molecule has 1 heterocycles. The lowest BCUT2D eigenvalue weighted by molar-refractivity contribution is -0.130. The molecule has 7 heteroatoms. The van der Waals surface area contributed by atoms with E-state index in [9.17, 15) is 9.59 Å². The van der Waals surface area contributed by atoms with Gasteiger partial charge in [0.05, 0.1) is 17.3 Å². The van der Waals surface area contributed by atoms with Crippen molar-refractivity contribution in [1.29, 1.82) is 5.26 Å². The molecular formula is C23H25N5O2. The van der Waals surface area contributed by atoms with E-state index in [1.165, 1.54) is 0 Å². The number of piperazine rings is 1. The minimum absolute atomic E-state index is 0.0415. The number of nitrogens with zero attached hydrogens (tertiary/aromatic N) is 4. The summed E-state index contributed by atoms with van der Waals surface area (Å²) in [5, 5.41) is 12.0. The van der Waals surface area contributed by atoms with Crippen LogP contribution >= 0.6 is 0 Å². The summed E-state index contributed by atoms with van der Waals surface area (Å²) in [7, 11) is 0. The first-order valence-electron chi connectivity index (χ1n) is 9.85. The summed E-state index contributed by atoms with van der Waals surface area (Å²) in [5.74, 6) is 0.155. The molecule has 1 aliphatic heterocycles. The van der Waals surface area contributed by atoms with E-state index in [1.807, 2.05) is 43.0 Å². The molecule has 1 fully saturated rings. The van der Waals surface area contributed by atoms with E-state index >= 15 is 0 Å². The summed E-state index contributed by atoms with van der Waals surface area (Å²) in [6, 6.07) is 14.6. The predicted molar refractivity (Wildman–Crippen MR) is 115 cm³/mol. The topological polar surface area (TPSA) is 88.8 Å². The predicted octanol–water partition coefficient (Wildman–Crippen LogP) is 2.76. The second-order valence-electron chi connectivity index (χ2n) is 7.37. The van der Waals surface area contributed by atoms with Gasteiger partial charge in [-0.3, -0.25) is 14.9 Å². The Bertz CT molecular complexity index is 1030. The Kier molecular flexibility index (Phi) is 6.48. The van der Waals surface area contributed by atoms with Crippen molar-refractivity contribution >= 4 is 23.5 Å². The minimum Gasteiger partial charge on any atom is -0.339 e. The highest BCUT2D eigenvalue weighted by atomic mass is 16.2. The zero-order chi connectivity index (χ0) is 21.7. The standard InChI is InChI=1S/C23H25N5O2/c1-16-7-8-21(17(2)13-16)25-23(28-11-9-27(10-12-28)18(3)29)26-22(30)20-6-4-5-19(14-20)15-24/h4-8,13-14H,9-12H2,1-3H3,(H,25,26,30). The van der Waals surface area contributed by atoms with Gasteiger partial charge in [-0.25, -0.2) is 4.99 Å². The molecule has 1 aliphatic rings. The monoisotopic (exact) mass is 403 g/mol. The van der Waals surface area contributed by atoms with E-state index in [-0.39, 0.29) is 11.8 Å². The van der Waals surface area contributed by atoms with Gasteiger partial charge in [-0.2, -0.15) is 5.26 Å². The number of carbonyl (C=O) groups is 2. The minimum atomic E-state index is -0.329. The van der Waals surface area contributed by atoms with Crippen molar-refractivity contribution in [2.75, 3.05) is 26.2 Å². The average molecular weight is 403 g/mol. The second kappa shape index (κ2) is 9.23. The van der Waals surface area contributed by atoms with Gasteiger partial charge in [-0.15, -0.1) is 0 Å². The molecule has 2 amide bonds. The molecule has 0 radical (unpaired) electrons. The number of benzene rings is 2. The van der Waals surface area contributed by atoms with E-state index < -0.39 is 0 Å². The van der Waals surface area contributed by atoms with Crippen molar-refractivity contribution in [2.24, 2.45) is 4.99 Å². The number of hydrogen-bond acceptors (Lipinski definition) is 4. The number of hydrogen-bond donors (Lipinski definition) is 1. The third-order valence-electron chi connectivity index (χ3n) is 5.08. The second-order valence-corrected chi connectivity index (χ2v) is 7.37. The van der Waals surface area contributed by atoms with Gasteiger partial charge in [0.2, 0.25) is 11.9 Å². The SMILES string of the molecule is CC(=O)N1CCN(C(=Nc2ccc(C)cc2C)NC(=O)c2cccc(C#N)c2)CC1. The molecule has 2 aromatic carbocycles. The van der Waals surface area contributed by atoms with Crippen LogP contribution in [0.5, 0.6) is 0 Å². The molecule has 0 aliphatic carbocycles. The van der Waals surface area contributed by atoms with Crippen LogP contribution in [0.15, 0.2) is 47.5 Å². The van der Waals surface area contributed by atoms with Crippen LogP contribution in [0.1, 0.15) is 34.0 Å². The first-order chi connectivity index (χ1) is 14.4. The highest BCUT2D eigenvalue weighted by Gasteiger charge is 2.23. The van der Waals surface area contributed by atoms with Crippen LogP contribution in [0.4, 0.5) is 5.69 Å². The first-order valence-corrected chi connectivity index (χ1v) is 9.85. The van der Waals surface area contributed by atoms with Crippen molar-refractivity contribution in [2.45, 2.75) is 20.8 Å². The lowest BCUT2D eigenvalue weighted by Gasteiger charge is -2.36. The van der Waals surface area contributed by atoms with E-state index in [0.29, 0.717) is 43.3 Å². The van der Waals surface area contributed by atoms with E-state index in [0.717, 1.165) is 16.8 Å². The van der Waals surface area contributed by atoms with E-state index in [4.69, 9.17) is 10.3 Å². The molecule has 0 aromatic heterocycles. The number of guanidine groups is 1. The molecule has 30 heavy (non-hydrogen) atoms. The molecule has 154 valence electrons. The van der Waals surface area contributed by atoms with Gasteiger partial charge in [-0.1, -0.05) is 23.8 Å². The van der Waals surface area contributed by atoms with Gasteiger partial charge >= 0.3 is 0 Å². The van der Waals surface area contributed by atoms with Crippen LogP contribution in [0, 0.1) is 25.2 Å². The van der Waals surface area contributed by atoms with Gasteiger partial charge in [0.15, 0.2) is 0 Å². The smallest absolute Gasteiger partial charge is 0.258 e. The maximum absolute atomic E-state index is 12.9. The molecular weight excluding hydrogens is 378 g/mol. The average Bonchev–Trinajstić information content (AvgIpc) is 2.75. The summed E-state index contributed by atoms with van der Waals surface area (Å²) >= 11 is 0. The number of carbonyl (C=O) groups excluding carboxylic acids is 2.